The number of nitrogens with zero attached hydrogens (tertiary/aromatic N) is 3. The van der Waals surface area contributed by atoms with Crippen LogP contribution in [0.25, 0.3) is 23.0 Å². The second kappa shape index (κ2) is 8.73. The molecule has 1 aliphatic heterocycles. The summed E-state index contributed by atoms with van der Waals surface area (Å²) in [7, 11) is 0. The van der Waals surface area contributed by atoms with Crippen molar-refractivity contribution in [3.05, 3.63) is 106 Å². The molecule has 3 aromatic carbocycles. The summed E-state index contributed by atoms with van der Waals surface area (Å²) in [5.74, 6) is -0.342. The van der Waals surface area contributed by atoms with E-state index in [1.54, 1.807) is 29.0 Å². The number of para-hydroxylation sites is 1. The van der Waals surface area contributed by atoms with Crippen LogP contribution in [0.5, 0.6) is 0 Å². The number of imide groups is 1. The fourth-order valence-electron chi connectivity index (χ4n) is 3.64. The van der Waals surface area contributed by atoms with Crippen LogP contribution >= 0.6 is 23.4 Å². The first kappa shape index (κ1) is 21.2. The number of rotatable bonds is 4. The van der Waals surface area contributed by atoms with E-state index in [9.17, 15) is 9.59 Å². The van der Waals surface area contributed by atoms with Gasteiger partial charge in [-0.3, -0.25) is 9.59 Å². The van der Waals surface area contributed by atoms with E-state index in [1.165, 1.54) is 4.90 Å². The molecule has 7 heteroatoms. The van der Waals surface area contributed by atoms with Gasteiger partial charge in [0.05, 0.1) is 22.0 Å². The minimum Gasteiger partial charge on any atom is -0.268 e. The number of halogens is 1. The molecule has 0 saturated carbocycles. The molecule has 162 valence electrons. The molecule has 0 bridgehead atoms. The molecule has 1 fully saturated rings. The minimum absolute atomic E-state index is 0.319. The Balaban J connectivity index is 1.58. The number of hydrogen-bond acceptors (Lipinski definition) is 4. The van der Waals surface area contributed by atoms with Crippen molar-refractivity contribution in [2.24, 2.45) is 0 Å². The smallest absolute Gasteiger partial charge is 0.268 e. The van der Waals surface area contributed by atoms with Crippen LogP contribution < -0.4 is 4.90 Å². The predicted octanol–water partition coefficient (Wildman–Crippen LogP) is 6.74. The van der Waals surface area contributed by atoms with Crippen molar-refractivity contribution in [1.82, 2.24) is 9.78 Å². The van der Waals surface area contributed by atoms with Crippen molar-refractivity contribution in [2.75, 3.05) is 4.90 Å². The molecule has 1 aromatic heterocycles. The molecule has 1 aliphatic rings. The van der Waals surface area contributed by atoms with E-state index in [2.05, 4.69) is 0 Å². The lowest BCUT2D eigenvalue weighted by molar-refractivity contribution is -0.113. The number of benzene rings is 3. The maximum atomic E-state index is 13.2. The van der Waals surface area contributed by atoms with Crippen LogP contribution in [-0.2, 0) is 4.79 Å². The van der Waals surface area contributed by atoms with Crippen LogP contribution in [0.1, 0.15) is 11.1 Å². The Morgan fingerprint density at radius 2 is 1.64 bits per heavy atom. The van der Waals surface area contributed by atoms with Crippen LogP contribution in [0.4, 0.5) is 10.5 Å². The summed E-state index contributed by atoms with van der Waals surface area (Å²) in [4.78, 5) is 27.4. The fraction of sp³-hybridized carbons (Fsp3) is 0.0385. The van der Waals surface area contributed by atoms with E-state index in [4.69, 9.17) is 16.7 Å². The molecule has 2 amide bonds. The summed E-state index contributed by atoms with van der Waals surface area (Å²) < 4.78 is 1.76. The number of hydrogen-bond donors (Lipinski definition) is 0. The van der Waals surface area contributed by atoms with E-state index < -0.39 is 0 Å². The lowest BCUT2D eigenvalue weighted by Crippen LogP contribution is -2.27. The molecule has 5 nitrogen and oxygen atoms in total. The van der Waals surface area contributed by atoms with Gasteiger partial charge in [-0.25, -0.2) is 9.58 Å². The number of carbonyl (C=O) groups is 2. The zero-order valence-electron chi connectivity index (χ0n) is 17.6. The Morgan fingerprint density at radius 1 is 0.909 bits per heavy atom. The first-order valence-corrected chi connectivity index (χ1v) is 11.4. The molecule has 0 spiro atoms. The molecule has 1 saturated heterocycles. The highest BCUT2D eigenvalue weighted by molar-refractivity contribution is 8.19. The highest BCUT2D eigenvalue weighted by Gasteiger charge is 2.36. The molecular weight excluding hydrogens is 454 g/mol. The van der Waals surface area contributed by atoms with Crippen molar-refractivity contribution >= 4 is 46.3 Å². The zero-order valence-corrected chi connectivity index (χ0v) is 19.2. The van der Waals surface area contributed by atoms with Crippen LogP contribution in [-0.4, -0.2) is 20.9 Å². The summed E-state index contributed by atoms with van der Waals surface area (Å²) >= 11 is 7.00. The van der Waals surface area contributed by atoms with E-state index in [0.29, 0.717) is 21.3 Å². The Hall–Kier alpha value is -3.61. The molecule has 0 aliphatic carbocycles. The average Bonchev–Trinajstić information content (AvgIpc) is 3.35. The SMILES string of the molecule is Cc1cccc(N2C(=O)S/C(=C\c3cn(-c4ccccc4)nc3-c3ccc(Cl)cc3)C2=O)c1. The standard InChI is InChI=1S/C26H18ClN3O2S/c1-17-6-5-9-22(14-17)30-25(31)23(33-26(30)32)15-19-16-29(21-7-3-2-4-8-21)28-24(19)18-10-12-20(27)13-11-18/h2-16H,1H3/b23-15-. The number of aryl methyl sites for hydroxylation is 1. The predicted molar refractivity (Wildman–Crippen MR) is 134 cm³/mol. The molecule has 0 N–H and O–H groups in total. The van der Waals surface area contributed by atoms with Gasteiger partial charge in [-0.05, 0) is 66.7 Å². The highest BCUT2D eigenvalue weighted by Crippen LogP contribution is 2.37. The Labute approximate surface area is 200 Å². The van der Waals surface area contributed by atoms with Gasteiger partial charge in [0, 0.05) is 22.3 Å². The first-order valence-electron chi connectivity index (χ1n) is 10.3. The number of aromatic nitrogens is 2. The number of anilines is 1. The highest BCUT2D eigenvalue weighted by atomic mass is 35.5. The fourth-order valence-corrected chi connectivity index (χ4v) is 4.59. The van der Waals surface area contributed by atoms with Gasteiger partial charge in [-0.1, -0.05) is 54.1 Å². The molecule has 5 rings (SSSR count). The van der Waals surface area contributed by atoms with Crippen molar-refractivity contribution in [2.45, 2.75) is 6.92 Å². The Morgan fingerprint density at radius 3 is 2.36 bits per heavy atom. The summed E-state index contributed by atoms with van der Waals surface area (Å²) in [6.07, 6.45) is 3.59. The number of amides is 2. The Bertz CT molecular complexity index is 1390. The quantitative estimate of drug-likeness (QED) is 0.309. The zero-order chi connectivity index (χ0) is 22.9. The van der Waals surface area contributed by atoms with Gasteiger partial charge >= 0.3 is 0 Å². The van der Waals surface area contributed by atoms with Crippen LogP contribution in [0.2, 0.25) is 5.02 Å². The van der Waals surface area contributed by atoms with Crippen molar-refractivity contribution in [1.29, 1.82) is 0 Å². The largest absolute Gasteiger partial charge is 0.298 e. The second-order valence-corrected chi connectivity index (χ2v) is 9.01. The lowest BCUT2D eigenvalue weighted by Gasteiger charge is -2.12. The van der Waals surface area contributed by atoms with Crippen LogP contribution in [0.15, 0.2) is 90.0 Å². The summed E-state index contributed by atoms with van der Waals surface area (Å²) in [6, 6.07) is 24.4. The molecule has 0 unspecified atom stereocenters. The third-order valence-electron chi connectivity index (χ3n) is 5.22. The summed E-state index contributed by atoms with van der Waals surface area (Å²) in [6.45, 7) is 1.93. The van der Waals surface area contributed by atoms with Gasteiger partial charge < -0.3 is 0 Å². The monoisotopic (exact) mass is 471 g/mol. The van der Waals surface area contributed by atoms with Gasteiger partial charge in [0.25, 0.3) is 11.1 Å². The van der Waals surface area contributed by atoms with Crippen LogP contribution in [0.3, 0.4) is 0 Å². The van der Waals surface area contributed by atoms with Gasteiger partial charge in [-0.2, -0.15) is 5.10 Å². The molecule has 33 heavy (non-hydrogen) atoms. The van der Waals surface area contributed by atoms with E-state index in [-0.39, 0.29) is 11.1 Å². The second-order valence-electron chi connectivity index (χ2n) is 7.58. The molecule has 0 radical (unpaired) electrons. The topological polar surface area (TPSA) is 55.2 Å². The lowest BCUT2D eigenvalue weighted by atomic mass is 10.1. The molecule has 2 heterocycles. The molecular formula is C26H18ClN3O2S. The van der Waals surface area contributed by atoms with Crippen molar-refractivity contribution in [3.8, 4) is 16.9 Å². The van der Waals surface area contributed by atoms with Gasteiger partial charge in [0.15, 0.2) is 0 Å². The number of thioether (sulfide) groups is 1. The van der Waals surface area contributed by atoms with E-state index in [0.717, 1.165) is 34.1 Å². The third kappa shape index (κ3) is 4.23. The van der Waals surface area contributed by atoms with Crippen LogP contribution in [0, 0.1) is 6.92 Å². The van der Waals surface area contributed by atoms with Gasteiger partial charge in [0.1, 0.15) is 0 Å². The maximum absolute atomic E-state index is 13.2. The third-order valence-corrected chi connectivity index (χ3v) is 6.34. The van der Waals surface area contributed by atoms with Gasteiger partial charge in [-0.15, -0.1) is 0 Å². The first-order chi connectivity index (χ1) is 16.0. The van der Waals surface area contributed by atoms with Crippen molar-refractivity contribution < 1.29 is 9.59 Å². The minimum atomic E-state index is -0.342. The van der Waals surface area contributed by atoms with E-state index >= 15 is 0 Å². The molecule has 4 aromatic rings. The average molecular weight is 472 g/mol. The van der Waals surface area contributed by atoms with E-state index in [1.807, 2.05) is 73.8 Å². The molecule has 0 atom stereocenters. The Kier molecular flexibility index (Phi) is 5.62. The summed E-state index contributed by atoms with van der Waals surface area (Å²) in [5, 5.41) is 5.07. The number of carbonyl (C=O) groups excluding carboxylic acids is 2. The van der Waals surface area contributed by atoms with Crippen molar-refractivity contribution in [3.63, 3.8) is 0 Å². The normalized spacial score (nSPS) is 15.0. The van der Waals surface area contributed by atoms with Gasteiger partial charge in [0.2, 0.25) is 0 Å². The summed E-state index contributed by atoms with van der Waals surface area (Å²) in [5.41, 5.74) is 4.72. The maximum Gasteiger partial charge on any atom is 0.298 e.